The van der Waals surface area contributed by atoms with Crippen LogP contribution in [0.25, 0.3) is 0 Å². The summed E-state index contributed by atoms with van der Waals surface area (Å²) in [5.41, 5.74) is 0. The first-order chi connectivity index (χ1) is 4.74. The largest absolute Gasteiger partial charge is 0.352 e. The van der Waals surface area contributed by atoms with E-state index in [0.29, 0.717) is 12.0 Å². The second kappa shape index (κ2) is 3.24. The molecule has 0 spiro atoms. The van der Waals surface area contributed by atoms with Crippen LogP contribution >= 0.6 is 11.6 Å². The maximum absolute atomic E-state index is 10.7. The van der Waals surface area contributed by atoms with Crippen molar-refractivity contribution < 1.29 is 4.79 Å². The van der Waals surface area contributed by atoms with Crippen molar-refractivity contribution in [2.24, 2.45) is 5.92 Å². The molecule has 2 nitrogen and oxygen atoms in total. The summed E-state index contributed by atoms with van der Waals surface area (Å²) in [4.78, 5) is 10.7. The molecule has 1 N–H and O–H groups in total. The van der Waals surface area contributed by atoms with E-state index in [2.05, 4.69) is 12.2 Å². The number of carbonyl (C=O) groups is 1. The zero-order valence-electron chi connectivity index (χ0n) is 6.06. The minimum Gasteiger partial charge on any atom is -0.352 e. The summed E-state index contributed by atoms with van der Waals surface area (Å²) < 4.78 is 0. The Labute approximate surface area is 65.9 Å². The van der Waals surface area contributed by atoms with Gasteiger partial charge in [0, 0.05) is 6.04 Å². The van der Waals surface area contributed by atoms with Crippen LogP contribution in [-0.2, 0) is 4.79 Å². The van der Waals surface area contributed by atoms with Crippen LogP contribution in [0.3, 0.4) is 0 Å². The number of carbonyl (C=O) groups excluding carboxylic acids is 1. The molecule has 0 saturated heterocycles. The summed E-state index contributed by atoms with van der Waals surface area (Å²) in [6.07, 6.45) is 2.34. The Morgan fingerprint density at radius 1 is 1.70 bits per heavy atom. The van der Waals surface area contributed by atoms with Crippen LogP contribution in [0.15, 0.2) is 0 Å². The monoisotopic (exact) mass is 161 g/mol. The van der Waals surface area contributed by atoms with Gasteiger partial charge in [0.2, 0.25) is 5.91 Å². The van der Waals surface area contributed by atoms with Crippen molar-refractivity contribution in [3.8, 4) is 0 Å². The van der Waals surface area contributed by atoms with Gasteiger partial charge in [-0.15, -0.1) is 11.6 Å². The topological polar surface area (TPSA) is 29.1 Å². The molecule has 1 rings (SSSR count). The summed E-state index contributed by atoms with van der Waals surface area (Å²) in [6, 6.07) is 0.395. The van der Waals surface area contributed by atoms with Gasteiger partial charge in [0.05, 0.1) is 0 Å². The lowest BCUT2D eigenvalue weighted by atomic mass is 9.81. The van der Waals surface area contributed by atoms with Gasteiger partial charge < -0.3 is 5.32 Å². The van der Waals surface area contributed by atoms with Crippen LogP contribution in [0.2, 0.25) is 0 Å². The molecule has 58 valence electrons. The number of hydrogen-bond donors (Lipinski definition) is 1. The predicted octanol–water partition coefficient (Wildman–Crippen LogP) is 1.14. The van der Waals surface area contributed by atoms with E-state index in [9.17, 15) is 4.79 Å². The predicted molar refractivity (Wildman–Crippen MR) is 41.0 cm³/mol. The smallest absolute Gasteiger partial charge is 0.235 e. The molecule has 0 aromatic carbocycles. The van der Waals surface area contributed by atoms with Crippen molar-refractivity contribution in [2.45, 2.75) is 25.8 Å². The molecule has 0 aromatic heterocycles. The van der Waals surface area contributed by atoms with E-state index in [1.54, 1.807) is 0 Å². The second-order valence-electron chi connectivity index (χ2n) is 2.86. The lowest BCUT2D eigenvalue weighted by Gasteiger charge is -2.34. The number of alkyl halides is 1. The van der Waals surface area contributed by atoms with Crippen LogP contribution in [0.1, 0.15) is 19.8 Å². The van der Waals surface area contributed by atoms with E-state index in [-0.39, 0.29) is 11.8 Å². The standard InChI is InChI=1S/C7H12ClNO/c1-5-2-3-6(5)9-7(10)4-8/h5-6H,2-4H2,1H3,(H,9,10). The van der Waals surface area contributed by atoms with E-state index in [4.69, 9.17) is 11.6 Å². The maximum Gasteiger partial charge on any atom is 0.235 e. The van der Waals surface area contributed by atoms with Crippen molar-refractivity contribution >= 4 is 17.5 Å². The SMILES string of the molecule is CC1CCC1NC(=O)CCl. The maximum atomic E-state index is 10.7. The molecule has 3 heteroatoms. The third-order valence-electron chi connectivity index (χ3n) is 2.09. The van der Waals surface area contributed by atoms with E-state index in [0.717, 1.165) is 6.42 Å². The summed E-state index contributed by atoms with van der Waals surface area (Å²) in [5.74, 6) is 0.689. The van der Waals surface area contributed by atoms with Crippen LogP contribution in [0, 0.1) is 5.92 Å². The molecule has 10 heavy (non-hydrogen) atoms. The van der Waals surface area contributed by atoms with Gasteiger partial charge in [-0.1, -0.05) is 6.92 Å². The normalized spacial score (nSPS) is 31.0. The molecular weight excluding hydrogens is 150 g/mol. The number of hydrogen-bond acceptors (Lipinski definition) is 1. The fraction of sp³-hybridized carbons (Fsp3) is 0.857. The molecule has 1 saturated carbocycles. The number of nitrogens with one attached hydrogen (secondary N) is 1. The molecule has 1 amide bonds. The van der Waals surface area contributed by atoms with E-state index in [1.807, 2.05) is 0 Å². The fourth-order valence-electron chi connectivity index (χ4n) is 1.13. The molecule has 2 unspecified atom stereocenters. The molecule has 0 radical (unpaired) electrons. The van der Waals surface area contributed by atoms with Gasteiger partial charge in [-0.05, 0) is 18.8 Å². The highest BCUT2D eigenvalue weighted by molar-refractivity contribution is 6.27. The van der Waals surface area contributed by atoms with Gasteiger partial charge in [0.15, 0.2) is 0 Å². The summed E-state index contributed by atoms with van der Waals surface area (Å²) in [6.45, 7) is 2.14. The summed E-state index contributed by atoms with van der Waals surface area (Å²) in [7, 11) is 0. The van der Waals surface area contributed by atoms with Crippen LogP contribution in [-0.4, -0.2) is 17.8 Å². The van der Waals surface area contributed by atoms with Crippen molar-refractivity contribution in [1.29, 1.82) is 0 Å². The van der Waals surface area contributed by atoms with Crippen molar-refractivity contribution in [3.05, 3.63) is 0 Å². The lowest BCUT2D eigenvalue weighted by Crippen LogP contribution is -2.45. The van der Waals surface area contributed by atoms with Gasteiger partial charge in [0.25, 0.3) is 0 Å². The van der Waals surface area contributed by atoms with Crippen LogP contribution in [0.4, 0.5) is 0 Å². The molecule has 1 fully saturated rings. The molecule has 1 aliphatic rings. The Hall–Kier alpha value is -0.240. The second-order valence-corrected chi connectivity index (χ2v) is 3.13. The summed E-state index contributed by atoms with van der Waals surface area (Å²) in [5, 5.41) is 2.84. The van der Waals surface area contributed by atoms with Gasteiger partial charge >= 0.3 is 0 Å². The molecule has 0 aliphatic heterocycles. The van der Waals surface area contributed by atoms with Gasteiger partial charge in [-0.3, -0.25) is 4.79 Å². The number of rotatable bonds is 2. The lowest BCUT2D eigenvalue weighted by molar-refractivity contribution is -0.120. The first-order valence-corrected chi connectivity index (χ1v) is 4.13. The van der Waals surface area contributed by atoms with Gasteiger partial charge in [-0.25, -0.2) is 0 Å². The summed E-state index contributed by atoms with van der Waals surface area (Å²) >= 11 is 5.31. The quantitative estimate of drug-likeness (QED) is 0.605. The average Bonchev–Trinajstić information content (AvgIpc) is 1.96. The zero-order chi connectivity index (χ0) is 7.56. The number of amides is 1. The Balaban J connectivity index is 2.19. The molecule has 0 bridgehead atoms. The Morgan fingerprint density at radius 2 is 2.40 bits per heavy atom. The molecule has 0 heterocycles. The minimum atomic E-state index is -0.0433. The zero-order valence-corrected chi connectivity index (χ0v) is 6.82. The Kier molecular flexibility index (Phi) is 2.55. The fourth-order valence-corrected chi connectivity index (χ4v) is 1.20. The number of halogens is 1. The Bertz CT molecular complexity index is 138. The van der Waals surface area contributed by atoms with Crippen molar-refractivity contribution in [1.82, 2.24) is 5.32 Å². The van der Waals surface area contributed by atoms with Crippen molar-refractivity contribution in [3.63, 3.8) is 0 Å². The first kappa shape index (κ1) is 7.86. The minimum absolute atomic E-state index is 0.0433. The molecule has 1 aliphatic carbocycles. The third-order valence-corrected chi connectivity index (χ3v) is 2.33. The third kappa shape index (κ3) is 1.63. The molecule has 0 aromatic rings. The van der Waals surface area contributed by atoms with Gasteiger partial charge in [-0.2, -0.15) is 0 Å². The van der Waals surface area contributed by atoms with Crippen molar-refractivity contribution in [2.75, 3.05) is 5.88 Å². The van der Waals surface area contributed by atoms with Crippen LogP contribution in [0.5, 0.6) is 0 Å². The molecular formula is C7H12ClNO. The highest BCUT2D eigenvalue weighted by Crippen LogP contribution is 2.26. The Morgan fingerprint density at radius 3 is 2.70 bits per heavy atom. The van der Waals surface area contributed by atoms with E-state index in [1.165, 1.54) is 6.42 Å². The highest BCUT2D eigenvalue weighted by atomic mass is 35.5. The highest BCUT2D eigenvalue weighted by Gasteiger charge is 2.27. The first-order valence-electron chi connectivity index (χ1n) is 3.59. The van der Waals surface area contributed by atoms with E-state index < -0.39 is 0 Å². The average molecular weight is 162 g/mol. The van der Waals surface area contributed by atoms with Gasteiger partial charge in [0.1, 0.15) is 5.88 Å². The van der Waals surface area contributed by atoms with Crippen LogP contribution < -0.4 is 5.32 Å². The van der Waals surface area contributed by atoms with E-state index >= 15 is 0 Å². The molecule has 2 atom stereocenters.